The van der Waals surface area contributed by atoms with Gasteiger partial charge < -0.3 is 15.4 Å². The van der Waals surface area contributed by atoms with Gasteiger partial charge in [-0.15, -0.1) is 0 Å². The van der Waals surface area contributed by atoms with E-state index in [2.05, 4.69) is 10.3 Å². The van der Waals surface area contributed by atoms with Gasteiger partial charge in [0.25, 0.3) is 0 Å². The number of halogens is 1. The van der Waals surface area contributed by atoms with Crippen molar-refractivity contribution < 1.29 is 22.7 Å². The molecule has 34 heavy (non-hydrogen) atoms. The Bertz CT molecular complexity index is 1480. The van der Waals surface area contributed by atoms with E-state index in [0.717, 1.165) is 5.56 Å². The zero-order valence-corrected chi connectivity index (χ0v) is 19.8. The van der Waals surface area contributed by atoms with Crippen LogP contribution in [0.5, 0.6) is 0 Å². The zero-order chi connectivity index (χ0) is 24.7. The third-order valence-electron chi connectivity index (χ3n) is 5.70. The number of nitrogens with one attached hydrogen (secondary N) is 2. The number of hydrogen-bond acceptors (Lipinski definition) is 4. The summed E-state index contributed by atoms with van der Waals surface area (Å²) in [7, 11) is -3.71. The first kappa shape index (κ1) is 23.5. The molecule has 176 valence electrons. The van der Waals surface area contributed by atoms with E-state index in [1.54, 1.807) is 48.5 Å². The Hall–Kier alpha value is -3.65. The molecule has 0 radical (unpaired) electrons. The molecule has 0 fully saturated rings. The van der Waals surface area contributed by atoms with Crippen LogP contribution in [0.4, 0.5) is 10.1 Å². The minimum absolute atomic E-state index is 0.101. The Morgan fingerprint density at radius 3 is 2.35 bits per heavy atom. The highest BCUT2D eigenvalue weighted by Crippen LogP contribution is 2.37. The van der Waals surface area contributed by atoms with E-state index in [1.165, 1.54) is 18.2 Å². The van der Waals surface area contributed by atoms with Crippen molar-refractivity contribution in [2.45, 2.75) is 31.1 Å². The fourth-order valence-corrected chi connectivity index (χ4v) is 4.94. The number of benzene rings is 3. The van der Waals surface area contributed by atoms with Crippen LogP contribution in [0.3, 0.4) is 0 Å². The van der Waals surface area contributed by atoms with Crippen molar-refractivity contribution in [3.8, 4) is 11.1 Å². The lowest BCUT2D eigenvalue weighted by molar-refractivity contribution is 0.0692. The van der Waals surface area contributed by atoms with Gasteiger partial charge in [0.15, 0.2) is 9.84 Å². The highest BCUT2D eigenvalue weighted by molar-refractivity contribution is 7.91. The molecule has 0 spiro atoms. The predicted octanol–water partition coefficient (Wildman–Crippen LogP) is 5.81. The molecule has 4 rings (SSSR count). The monoisotopic (exact) mass is 480 g/mol. The lowest BCUT2D eigenvalue weighted by atomic mass is 9.87. The fourth-order valence-electron chi connectivity index (χ4n) is 3.88. The molecule has 0 amide bonds. The molecule has 0 saturated heterocycles. The summed E-state index contributed by atoms with van der Waals surface area (Å²) in [6.07, 6.45) is 0. The Kier molecular flexibility index (Phi) is 5.95. The van der Waals surface area contributed by atoms with E-state index >= 15 is 0 Å². The summed E-state index contributed by atoms with van der Waals surface area (Å²) in [5.74, 6) is -2.21. The molecule has 3 N–H and O–H groups in total. The average Bonchev–Trinajstić information content (AvgIpc) is 3.17. The summed E-state index contributed by atoms with van der Waals surface area (Å²) in [5.41, 5.74) is 2.24. The van der Waals surface area contributed by atoms with E-state index in [1.807, 2.05) is 20.8 Å². The van der Waals surface area contributed by atoms with Crippen molar-refractivity contribution in [2.75, 3.05) is 11.2 Å². The summed E-state index contributed by atoms with van der Waals surface area (Å²) in [6, 6.07) is 17.5. The van der Waals surface area contributed by atoms with E-state index in [0.29, 0.717) is 16.6 Å². The third-order valence-corrected chi connectivity index (χ3v) is 7.22. The number of H-pyrrole nitrogens is 1. The van der Waals surface area contributed by atoms with Gasteiger partial charge in [-0.05, 0) is 47.4 Å². The molecule has 0 saturated carbocycles. The van der Waals surface area contributed by atoms with Crippen LogP contribution in [0.1, 0.15) is 36.8 Å². The van der Waals surface area contributed by atoms with Crippen LogP contribution in [0.15, 0.2) is 71.6 Å². The Balaban J connectivity index is 1.72. The maximum Gasteiger partial charge on any atom is 0.352 e. The minimum atomic E-state index is -3.71. The second-order valence-corrected chi connectivity index (χ2v) is 11.1. The van der Waals surface area contributed by atoms with Crippen LogP contribution >= 0.6 is 0 Å². The molecule has 0 bridgehead atoms. The number of aromatic amines is 1. The summed E-state index contributed by atoms with van der Waals surface area (Å²) in [4.78, 5) is 14.9. The summed E-state index contributed by atoms with van der Waals surface area (Å²) in [5, 5.41) is 13.2. The van der Waals surface area contributed by atoms with Gasteiger partial charge in [-0.25, -0.2) is 17.6 Å². The zero-order valence-electron chi connectivity index (χ0n) is 19.0. The van der Waals surface area contributed by atoms with Gasteiger partial charge in [0.05, 0.1) is 4.90 Å². The smallest absolute Gasteiger partial charge is 0.352 e. The topological polar surface area (TPSA) is 99.3 Å². The minimum Gasteiger partial charge on any atom is -0.477 e. The molecular formula is C26H25FN2O4S. The first-order valence-corrected chi connectivity index (χ1v) is 12.3. The average molecular weight is 481 g/mol. The van der Waals surface area contributed by atoms with Crippen molar-refractivity contribution in [1.29, 1.82) is 0 Å². The number of aromatic carboxylic acids is 1. The van der Waals surface area contributed by atoms with Gasteiger partial charge in [-0.2, -0.15) is 0 Å². The highest BCUT2D eigenvalue weighted by Gasteiger charge is 2.23. The van der Waals surface area contributed by atoms with E-state index < -0.39 is 27.5 Å². The Morgan fingerprint density at radius 1 is 1.03 bits per heavy atom. The maximum atomic E-state index is 14.2. The number of para-hydroxylation sites is 1. The lowest BCUT2D eigenvalue weighted by Crippen LogP contribution is -2.16. The summed E-state index contributed by atoms with van der Waals surface area (Å²) in [6.45, 7) is 6.14. The fraction of sp³-hybridized carbons (Fsp3) is 0.192. The number of fused-ring (bicyclic) bond motifs is 1. The number of aromatic nitrogens is 1. The van der Waals surface area contributed by atoms with E-state index in [9.17, 15) is 22.7 Å². The van der Waals surface area contributed by atoms with Crippen LogP contribution in [-0.4, -0.2) is 30.4 Å². The first-order chi connectivity index (χ1) is 16.0. The molecule has 6 nitrogen and oxygen atoms in total. The Labute approximate surface area is 197 Å². The van der Waals surface area contributed by atoms with Crippen LogP contribution in [-0.2, 0) is 15.3 Å². The van der Waals surface area contributed by atoms with Gasteiger partial charge in [-0.3, -0.25) is 0 Å². The summed E-state index contributed by atoms with van der Waals surface area (Å²) >= 11 is 0. The summed E-state index contributed by atoms with van der Waals surface area (Å²) < 4.78 is 40.2. The third kappa shape index (κ3) is 4.54. The largest absolute Gasteiger partial charge is 0.477 e. The molecule has 1 heterocycles. The normalized spacial score (nSPS) is 12.1. The van der Waals surface area contributed by atoms with Crippen molar-refractivity contribution in [1.82, 2.24) is 4.98 Å². The van der Waals surface area contributed by atoms with Gasteiger partial charge in [0.1, 0.15) is 17.4 Å². The maximum absolute atomic E-state index is 14.2. The van der Waals surface area contributed by atoms with Crippen molar-refractivity contribution in [3.63, 3.8) is 0 Å². The van der Waals surface area contributed by atoms with Gasteiger partial charge in [0, 0.05) is 27.7 Å². The molecule has 1 aromatic heterocycles. The van der Waals surface area contributed by atoms with Gasteiger partial charge >= 0.3 is 5.97 Å². The number of hydrogen-bond donors (Lipinski definition) is 3. The van der Waals surface area contributed by atoms with E-state index in [-0.39, 0.29) is 27.1 Å². The quantitative estimate of drug-likeness (QED) is 0.323. The molecule has 4 aromatic rings. The first-order valence-electron chi connectivity index (χ1n) is 10.7. The molecular weight excluding hydrogens is 455 g/mol. The molecule has 3 aromatic carbocycles. The molecule has 0 aliphatic heterocycles. The van der Waals surface area contributed by atoms with Crippen LogP contribution in [0, 0.1) is 5.82 Å². The second-order valence-electron chi connectivity index (χ2n) is 9.13. The van der Waals surface area contributed by atoms with Crippen molar-refractivity contribution in [3.05, 3.63) is 83.8 Å². The van der Waals surface area contributed by atoms with Gasteiger partial charge in [0.2, 0.25) is 0 Å². The number of sulfone groups is 1. The number of rotatable bonds is 6. The number of carboxylic acid groups (broad SMARTS) is 1. The van der Waals surface area contributed by atoms with Crippen LogP contribution in [0.2, 0.25) is 0 Å². The van der Waals surface area contributed by atoms with Crippen LogP contribution < -0.4 is 5.32 Å². The number of carboxylic acids is 1. The standard InChI is InChI=1S/C26H25FN2O4S/c1-26(2,3)16-8-11-18(12-9-16)34(32,33)15-28-21-13-10-17(27)14-20(21)23-19-6-4-5-7-22(19)29-24(23)25(30)31/h4-14,28-29H,15H2,1-3H3,(H,30,31). The van der Waals surface area contributed by atoms with Crippen molar-refractivity contribution in [2.24, 2.45) is 0 Å². The molecule has 0 atom stereocenters. The SMILES string of the molecule is CC(C)(C)c1ccc(S(=O)(=O)CNc2ccc(F)cc2-c2c(C(=O)O)[nH]c3ccccc23)cc1. The van der Waals surface area contributed by atoms with Crippen LogP contribution in [0.25, 0.3) is 22.0 Å². The number of anilines is 1. The number of carbonyl (C=O) groups is 1. The second kappa shape index (κ2) is 8.61. The molecule has 8 heteroatoms. The van der Waals surface area contributed by atoms with E-state index in [4.69, 9.17) is 0 Å². The molecule has 0 aliphatic carbocycles. The predicted molar refractivity (Wildman–Crippen MR) is 131 cm³/mol. The molecule has 0 unspecified atom stereocenters. The highest BCUT2D eigenvalue weighted by atomic mass is 32.2. The van der Waals surface area contributed by atoms with Gasteiger partial charge in [-0.1, -0.05) is 51.1 Å². The van der Waals surface area contributed by atoms with Crippen molar-refractivity contribution >= 4 is 32.4 Å². The Morgan fingerprint density at radius 2 is 1.71 bits per heavy atom. The molecule has 0 aliphatic rings. The lowest BCUT2D eigenvalue weighted by Gasteiger charge is -2.19.